The summed E-state index contributed by atoms with van der Waals surface area (Å²) < 4.78 is 5.23. The Hall–Kier alpha value is -3.12. The van der Waals surface area contributed by atoms with Crippen LogP contribution in [0.3, 0.4) is 0 Å². The van der Waals surface area contributed by atoms with E-state index >= 15 is 0 Å². The second-order valence-corrected chi connectivity index (χ2v) is 15.6. The Morgan fingerprint density at radius 3 is 2.31 bits per heavy atom. The summed E-state index contributed by atoms with van der Waals surface area (Å²) >= 11 is 0. The molecule has 0 bridgehead atoms. The van der Waals surface area contributed by atoms with Crippen LogP contribution in [-0.4, -0.2) is 81.0 Å². The van der Waals surface area contributed by atoms with Gasteiger partial charge >= 0.3 is 11.9 Å². The van der Waals surface area contributed by atoms with E-state index in [1.807, 2.05) is 13.8 Å². The molecule has 0 aliphatic heterocycles. The van der Waals surface area contributed by atoms with E-state index in [4.69, 9.17) is 4.74 Å². The molecule has 12 nitrogen and oxygen atoms in total. The lowest BCUT2D eigenvalue weighted by molar-refractivity contribution is -0.184. The molecule has 2 amide bonds. The highest BCUT2D eigenvalue weighted by Gasteiger charge is 2.68. The normalized spacial score (nSPS) is 34.4. The third-order valence-corrected chi connectivity index (χ3v) is 12.5. The Balaban J connectivity index is 1.32. The topological polar surface area (TPSA) is 196 Å². The Bertz CT molecular complexity index is 1340. The minimum atomic E-state index is -1.79. The van der Waals surface area contributed by atoms with Crippen LogP contribution in [0.15, 0.2) is 11.6 Å². The van der Waals surface area contributed by atoms with E-state index in [2.05, 4.69) is 17.6 Å². The van der Waals surface area contributed by atoms with E-state index in [0.717, 1.165) is 18.4 Å². The average Bonchev–Trinajstić information content (AvgIpc) is 3.29. The van der Waals surface area contributed by atoms with Crippen molar-refractivity contribution in [1.82, 2.24) is 10.6 Å². The number of amides is 2. The molecule has 3 saturated carbocycles. The van der Waals surface area contributed by atoms with E-state index < -0.39 is 65.3 Å². The summed E-state index contributed by atoms with van der Waals surface area (Å²) in [7, 11) is 0. The molecule has 3 fully saturated rings. The van der Waals surface area contributed by atoms with Gasteiger partial charge in [0.25, 0.3) is 0 Å². The summed E-state index contributed by atoms with van der Waals surface area (Å²) in [5.74, 6) is -4.42. The van der Waals surface area contributed by atoms with E-state index in [1.54, 1.807) is 26.8 Å². The van der Waals surface area contributed by atoms with Crippen molar-refractivity contribution in [2.24, 2.45) is 40.4 Å². The lowest BCUT2D eigenvalue weighted by atomic mass is 9.45. The molecule has 4 aliphatic carbocycles. The van der Waals surface area contributed by atoms with Crippen molar-refractivity contribution >= 4 is 35.3 Å². The molecular formula is C36H54N2O10. The third-order valence-electron chi connectivity index (χ3n) is 12.5. The number of carbonyl (C=O) groups excluding carboxylic acids is 5. The monoisotopic (exact) mass is 674 g/mol. The predicted molar refractivity (Wildman–Crippen MR) is 174 cm³/mol. The first-order chi connectivity index (χ1) is 22.4. The zero-order valence-electron chi connectivity index (χ0n) is 29.2. The standard InChI is InChI=1S/C36H54N2O10/c1-7-20(4)31(33(45)46)38-32(44)30(19(2)3)37-27(42)10-11-28(43)48-18-26(41)36(47)15-13-24-23-9-8-21-16-22(39)12-14-34(21,5)29(23)25(40)17-35(24,36)6/h16,19-20,23-25,29-31,40,47H,7-15,17-18H2,1-6H3,(H,37,42)(H,38,44)(H,45,46)/t20-,23-,24+,25+,29+,30-,31-,34+,35+,36+/m1/s1. The molecule has 0 radical (unpaired) electrons. The van der Waals surface area contributed by atoms with E-state index in [0.29, 0.717) is 25.7 Å². The van der Waals surface area contributed by atoms with Crippen molar-refractivity contribution in [3.63, 3.8) is 0 Å². The molecule has 0 aromatic rings. The number of esters is 1. The number of Topliss-reactive ketones (excluding diaryl/α,β-unsaturated/α-hetero) is 1. The molecule has 0 spiro atoms. The van der Waals surface area contributed by atoms with Crippen LogP contribution in [0.1, 0.15) is 106 Å². The van der Waals surface area contributed by atoms with Gasteiger partial charge < -0.3 is 30.7 Å². The third kappa shape index (κ3) is 6.97. The first-order valence-electron chi connectivity index (χ1n) is 17.5. The minimum absolute atomic E-state index is 0.0164. The van der Waals surface area contributed by atoms with E-state index in [1.165, 1.54) is 0 Å². The number of fused-ring (bicyclic) bond motifs is 5. The van der Waals surface area contributed by atoms with Crippen LogP contribution >= 0.6 is 0 Å². The van der Waals surface area contributed by atoms with E-state index in [-0.39, 0.29) is 66.5 Å². The predicted octanol–water partition coefficient (Wildman–Crippen LogP) is 2.87. The van der Waals surface area contributed by atoms with Gasteiger partial charge in [0, 0.05) is 18.3 Å². The van der Waals surface area contributed by atoms with Crippen LogP contribution in [0.2, 0.25) is 0 Å². The van der Waals surface area contributed by atoms with Crippen LogP contribution < -0.4 is 10.6 Å². The van der Waals surface area contributed by atoms with Crippen molar-refractivity contribution in [3.05, 3.63) is 11.6 Å². The van der Waals surface area contributed by atoms with Gasteiger partial charge in [0.05, 0.1) is 12.5 Å². The number of allylic oxidation sites excluding steroid dienone is 1. The molecule has 0 aromatic carbocycles. The zero-order valence-corrected chi connectivity index (χ0v) is 29.2. The number of hydrogen-bond donors (Lipinski definition) is 5. The lowest BCUT2D eigenvalue weighted by Gasteiger charge is -2.60. The van der Waals surface area contributed by atoms with E-state index in [9.17, 15) is 44.1 Å². The number of aliphatic hydroxyl groups is 2. The summed E-state index contributed by atoms with van der Waals surface area (Å²) in [4.78, 5) is 75.5. The van der Waals surface area contributed by atoms with Gasteiger partial charge in [0.15, 0.2) is 12.4 Å². The summed E-state index contributed by atoms with van der Waals surface area (Å²) in [5, 5.41) is 38.0. The van der Waals surface area contributed by atoms with Gasteiger partial charge in [-0.3, -0.25) is 24.0 Å². The number of ether oxygens (including phenoxy) is 1. The van der Waals surface area contributed by atoms with Gasteiger partial charge in [-0.05, 0) is 79.6 Å². The fourth-order valence-electron chi connectivity index (χ4n) is 9.41. The van der Waals surface area contributed by atoms with Gasteiger partial charge in [-0.15, -0.1) is 0 Å². The summed E-state index contributed by atoms with van der Waals surface area (Å²) in [5.41, 5.74) is -1.90. The molecule has 4 aliphatic rings. The van der Waals surface area contributed by atoms with Crippen molar-refractivity contribution in [1.29, 1.82) is 0 Å². The van der Waals surface area contributed by atoms with Gasteiger partial charge in [0.1, 0.15) is 17.7 Å². The van der Waals surface area contributed by atoms with Crippen molar-refractivity contribution in [2.75, 3.05) is 6.61 Å². The molecule has 12 heteroatoms. The van der Waals surface area contributed by atoms with Crippen molar-refractivity contribution < 1.29 is 48.8 Å². The van der Waals surface area contributed by atoms with Crippen LogP contribution in [0.25, 0.3) is 0 Å². The van der Waals surface area contributed by atoms with Crippen LogP contribution in [0, 0.1) is 40.4 Å². The molecule has 48 heavy (non-hydrogen) atoms. The average molecular weight is 675 g/mol. The molecule has 268 valence electrons. The second-order valence-electron chi connectivity index (χ2n) is 15.6. The molecule has 0 saturated heterocycles. The minimum Gasteiger partial charge on any atom is -0.480 e. The number of aliphatic carboxylic acids is 1. The summed E-state index contributed by atoms with van der Waals surface area (Å²) in [6.07, 6.45) is 4.52. The molecule has 5 N–H and O–H groups in total. The highest BCUT2D eigenvalue weighted by Crippen LogP contribution is 2.67. The van der Waals surface area contributed by atoms with Crippen LogP contribution in [0.5, 0.6) is 0 Å². The van der Waals surface area contributed by atoms with Gasteiger partial charge in [0.2, 0.25) is 17.6 Å². The first kappa shape index (κ1) is 37.7. The summed E-state index contributed by atoms with van der Waals surface area (Å²) in [6.45, 7) is 10.3. The van der Waals surface area contributed by atoms with Gasteiger partial charge in [-0.1, -0.05) is 53.5 Å². The molecular weight excluding hydrogens is 620 g/mol. The summed E-state index contributed by atoms with van der Waals surface area (Å²) in [6, 6.07) is -2.13. The number of rotatable bonds is 13. The van der Waals surface area contributed by atoms with Gasteiger partial charge in [-0.25, -0.2) is 4.79 Å². The van der Waals surface area contributed by atoms with Crippen LogP contribution in [-0.2, 0) is 33.5 Å². The maximum Gasteiger partial charge on any atom is 0.326 e. The SMILES string of the molecule is CC[C@@H](C)[C@@H](NC(=O)[C@H](NC(=O)CCC(=O)OCC(=O)[C@@]1(O)CC[C@H]2[C@H]3CCC4=CC(=O)CC[C@]4(C)[C@@H]3[C@@H](O)C[C@@]21C)C(C)C)C(=O)O. The number of carboxylic acid groups (broad SMARTS) is 1. The highest BCUT2D eigenvalue weighted by atomic mass is 16.5. The Morgan fingerprint density at radius 1 is 1.00 bits per heavy atom. The zero-order chi connectivity index (χ0) is 35.8. The number of ketones is 2. The maximum atomic E-state index is 13.5. The lowest BCUT2D eigenvalue weighted by Crippen LogP contribution is -2.62. The molecule has 0 heterocycles. The maximum absolute atomic E-state index is 13.5. The Morgan fingerprint density at radius 2 is 1.69 bits per heavy atom. The van der Waals surface area contributed by atoms with Crippen molar-refractivity contribution in [3.8, 4) is 0 Å². The first-order valence-corrected chi connectivity index (χ1v) is 17.5. The number of nitrogens with one attached hydrogen (secondary N) is 2. The molecule has 10 atom stereocenters. The Labute approximate surface area is 282 Å². The molecule has 0 unspecified atom stereocenters. The fraction of sp³-hybridized carbons (Fsp3) is 0.778. The highest BCUT2D eigenvalue weighted by molar-refractivity contribution is 5.93. The van der Waals surface area contributed by atoms with Crippen molar-refractivity contribution in [2.45, 2.75) is 130 Å². The molecule has 4 rings (SSSR count). The van der Waals surface area contributed by atoms with Crippen LogP contribution in [0.4, 0.5) is 0 Å². The fourth-order valence-corrected chi connectivity index (χ4v) is 9.41. The quantitative estimate of drug-likeness (QED) is 0.181. The number of aliphatic hydroxyl groups excluding tert-OH is 1. The smallest absolute Gasteiger partial charge is 0.326 e. The second kappa shape index (κ2) is 14.4. The molecule has 0 aromatic heterocycles. The largest absolute Gasteiger partial charge is 0.480 e. The number of carboxylic acids is 1. The number of carbonyl (C=O) groups is 6. The number of hydrogen-bond acceptors (Lipinski definition) is 9. The van der Waals surface area contributed by atoms with Gasteiger partial charge in [-0.2, -0.15) is 0 Å². The Kier molecular flexibility index (Phi) is 11.3.